The van der Waals surface area contributed by atoms with Gasteiger partial charge in [-0.05, 0) is 29.8 Å². The van der Waals surface area contributed by atoms with Crippen molar-refractivity contribution in [2.45, 2.75) is 9.92 Å². The topological polar surface area (TPSA) is 54.5 Å². The summed E-state index contributed by atoms with van der Waals surface area (Å²) in [6.45, 7) is 0. The normalized spacial score (nSPS) is 11.1. The number of hydrogen-bond acceptors (Lipinski definition) is 4. The quantitative estimate of drug-likeness (QED) is 0.556. The van der Waals surface area contributed by atoms with E-state index < -0.39 is 0 Å². The van der Waals surface area contributed by atoms with Gasteiger partial charge in [0, 0.05) is 9.92 Å². The Morgan fingerprint density at radius 3 is 2.79 bits per heavy atom. The first kappa shape index (κ1) is 13.0. The van der Waals surface area contributed by atoms with Gasteiger partial charge in [-0.2, -0.15) is 4.98 Å². The fourth-order valence-corrected chi connectivity index (χ4v) is 3.14. The molecular formula is C11H5Cl3N4S. The van der Waals surface area contributed by atoms with E-state index in [2.05, 4.69) is 19.9 Å². The molecule has 0 saturated heterocycles. The third-order valence-electron chi connectivity index (χ3n) is 2.33. The number of aromatic amines is 1. The van der Waals surface area contributed by atoms with Crippen molar-refractivity contribution in [2.75, 3.05) is 0 Å². The molecule has 0 spiro atoms. The van der Waals surface area contributed by atoms with Crippen molar-refractivity contribution in [3.05, 3.63) is 39.9 Å². The van der Waals surface area contributed by atoms with Crippen molar-refractivity contribution in [1.29, 1.82) is 0 Å². The largest absolute Gasteiger partial charge is 0.341 e. The van der Waals surface area contributed by atoms with Crippen LogP contribution in [0.4, 0.5) is 0 Å². The first-order chi connectivity index (χ1) is 9.13. The van der Waals surface area contributed by atoms with Gasteiger partial charge < -0.3 is 4.98 Å². The number of fused-ring (bicyclic) bond motifs is 1. The minimum atomic E-state index is 0.139. The van der Waals surface area contributed by atoms with E-state index in [0.717, 1.165) is 4.90 Å². The summed E-state index contributed by atoms with van der Waals surface area (Å²) in [5, 5.41) is 1.99. The second kappa shape index (κ2) is 5.17. The average Bonchev–Trinajstić information content (AvgIpc) is 2.82. The van der Waals surface area contributed by atoms with Crippen LogP contribution in [0, 0.1) is 0 Å². The molecule has 0 aliphatic rings. The van der Waals surface area contributed by atoms with Crippen LogP contribution in [0.1, 0.15) is 0 Å². The Bertz CT molecular complexity index is 759. The lowest BCUT2D eigenvalue weighted by atomic mass is 10.4. The molecule has 19 heavy (non-hydrogen) atoms. The summed E-state index contributed by atoms with van der Waals surface area (Å²) in [6.07, 6.45) is 1.54. The summed E-state index contributed by atoms with van der Waals surface area (Å²) in [7, 11) is 0. The van der Waals surface area contributed by atoms with Gasteiger partial charge in [0.05, 0.1) is 11.3 Å². The predicted octanol–water partition coefficient (Wildman–Crippen LogP) is 4.46. The van der Waals surface area contributed by atoms with E-state index in [0.29, 0.717) is 26.2 Å². The van der Waals surface area contributed by atoms with E-state index in [4.69, 9.17) is 34.8 Å². The maximum atomic E-state index is 6.13. The van der Waals surface area contributed by atoms with E-state index in [-0.39, 0.29) is 5.28 Å². The molecule has 0 amide bonds. The molecule has 0 fully saturated rings. The highest BCUT2D eigenvalue weighted by Crippen LogP contribution is 2.36. The molecule has 1 N–H and O–H groups in total. The van der Waals surface area contributed by atoms with Gasteiger partial charge in [0.25, 0.3) is 0 Å². The number of nitrogens with zero attached hydrogens (tertiary/aromatic N) is 3. The first-order valence-electron chi connectivity index (χ1n) is 5.13. The molecule has 2 aromatic heterocycles. The lowest BCUT2D eigenvalue weighted by Crippen LogP contribution is -1.89. The minimum absolute atomic E-state index is 0.139. The van der Waals surface area contributed by atoms with Gasteiger partial charge in [-0.25, -0.2) is 9.97 Å². The Hall–Kier alpha value is -1.01. The molecule has 0 radical (unpaired) electrons. The van der Waals surface area contributed by atoms with Crippen molar-refractivity contribution in [3.8, 4) is 0 Å². The molecule has 0 saturated carbocycles. The van der Waals surface area contributed by atoms with E-state index in [1.54, 1.807) is 24.5 Å². The van der Waals surface area contributed by atoms with Crippen molar-refractivity contribution in [2.24, 2.45) is 0 Å². The second-order valence-electron chi connectivity index (χ2n) is 3.58. The summed E-state index contributed by atoms with van der Waals surface area (Å²) in [5.41, 5.74) is 1.23. The van der Waals surface area contributed by atoms with Gasteiger partial charge >= 0.3 is 0 Å². The molecule has 0 atom stereocenters. The summed E-state index contributed by atoms with van der Waals surface area (Å²) in [4.78, 5) is 16.0. The fourth-order valence-electron chi connectivity index (χ4n) is 1.51. The van der Waals surface area contributed by atoms with Crippen molar-refractivity contribution in [3.63, 3.8) is 0 Å². The molecule has 1 aromatic carbocycles. The van der Waals surface area contributed by atoms with Crippen molar-refractivity contribution < 1.29 is 0 Å². The number of halogens is 3. The van der Waals surface area contributed by atoms with Crippen LogP contribution in [0.15, 0.2) is 34.4 Å². The highest BCUT2D eigenvalue weighted by Gasteiger charge is 2.12. The molecule has 3 aromatic rings. The van der Waals surface area contributed by atoms with Crippen molar-refractivity contribution in [1.82, 2.24) is 19.9 Å². The monoisotopic (exact) mass is 330 g/mol. The number of H-pyrrole nitrogens is 1. The lowest BCUT2D eigenvalue weighted by molar-refractivity contribution is 1.09. The standard InChI is InChI=1S/C11H5Cl3N4S/c12-5-1-2-6(13)7(3-5)19-10-8-9(16-4-15-8)17-11(14)18-10/h1-4H,(H,15,16,17,18). The van der Waals surface area contributed by atoms with Gasteiger partial charge in [0.1, 0.15) is 10.5 Å². The van der Waals surface area contributed by atoms with Crippen LogP contribution in [0.2, 0.25) is 15.3 Å². The van der Waals surface area contributed by atoms with Gasteiger partial charge in [-0.3, -0.25) is 0 Å². The van der Waals surface area contributed by atoms with Gasteiger partial charge in [0.15, 0.2) is 5.65 Å². The maximum Gasteiger partial charge on any atom is 0.225 e. The molecule has 0 unspecified atom stereocenters. The summed E-state index contributed by atoms with van der Waals surface area (Å²) in [5.74, 6) is 0. The average molecular weight is 332 g/mol. The number of nitrogens with one attached hydrogen (secondary N) is 1. The summed E-state index contributed by atoms with van der Waals surface area (Å²) < 4.78 is 0. The van der Waals surface area contributed by atoms with Crippen molar-refractivity contribution >= 4 is 57.7 Å². The van der Waals surface area contributed by atoms with Gasteiger partial charge in [-0.1, -0.05) is 35.0 Å². The molecular weight excluding hydrogens is 327 g/mol. The minimum Gasteiger partial charge on any atom is -0.341 e. The van der Waals surface area contributed by atoms with Crippen LogP contribution in [0.5, 0.6) is 0 Å². The third kappa shape index (κ3) is 2.65. The number of hydrogen-bond donors (Lipinski definition) is 1. The highest BCUT2D eigenvalue weighted by molar-refractivity contribution is 7.99. The van der Waals surface area contributed by atoms with Crippen LogP contribution in [0.3, 0.4) is 0 Å². The predicted molar refractivity (Wildman–Crippen MR) is 77.3 cm³/mol. The SMILES string of the molecule is Clc1ccc(Cl)c(Sc2nc(Cl)nc3nc[nH]c23)c1. The zero-order valence-corrected chi connectivity index (χ0v) is 12.3. The number of aromatic nitrogens is 4. The molecule has 3 rings (SSSR count). The Morgan fingerprint density at radius 2 is 1.95 bits per heavy atom. The van der Waals surface area contributed by atoms with Crippen LogP contribution in [0.25, 0.3) is 11.2 Å². The Balaban J connectivity index is 2.10. The third-order valence-corrected chi connectivity index (χ3v) is 4.22. The molecule has 0 aliphatic carbocycles. The number of benzene rings is 1. The lowest BCUT2D eigenvalue weighted by Gasteiger charge is -2.05. The van der Waals surface area contributed by atoms with E-state index in [9.17, 15) is 0 Å². The first-order valence-corrected chi connectivity index (χ1v) is 7.08. The summed E-state index contributed by atoms with van der Waals surface area (Å²) in [6, 6.07) is 5.23. The Kier molecular flexibility index (Phi) is 3.54. The molecule has 8 heteroatoms. The van der Waals surface area contributed by atoms with Crippen LogP contribution in [-0.2, 0) is 0 Å². The van der Waals surface area contributed by atoms with Gasteiger partial charge in [-0.15, -0.1) is 0 Å². The number of imidazole rings is 1. The highest BCUT2D eigenvalue weighted by atomic mass is 35.5. The zero-order chi connectivity index (χ0) is 13.4. The van der Waals surface area contributed by atoms with Crippen LogP contribution >= 0.6 is 46.6 Å². The van der Waals surface area contributed by atoms with E-state index in [1.165, 1.54) is 11.8 Å². The smallest absolute Gasteiger partial charge is 0.225 e. The summed E-state index contributed by atoms with van der Waals surface area (Å²) >= 11 is 19.3. The molecule has 4 nitrogen and oxygen atoms in total. The Morgan fingerprint density at radius 1 is 1.11 bits per heavy atom. The van der Waals surface area contributed by atoms with Gasteiger partial charge in [0.2, 0.25) is 5.28 Å². The zero-order valence-electron chi connectivity index (χ0n) is 9.19. The molecule has 0 bridgehead atoms. The molecule has 0 aliphatic heterocycles. The molecule has 96 valence electrons. The number of rotatable bonds is 2. The fraction of sp³-hybridized carbons (Fsp3) is 0. The maximum absolute atomic E-state index is 6.13. The van der Waals surface area contributed by atoms with E-state index in [1.807, 2.05) is 0 Å². The Labute approximate surface area is 127 Å². The van der Waals surface area contributed by atoms with Crippen LogP contribution in [-0.4, -0.2) is 19.9 Å². The van der Waals surface area contributed by atoms with Crippen LogP contribution < -0.4 is 0 Å². The molecule has 2 heterocycles. The van der Waals surface area contributed by atoms with E-state index >= 15 is 0 Å². The second-order valence-corrected chi connectivity index (χ2v) is 5.79.